The third-order valence-electron chi connectivity index (χ3n) is 14.6. The Balaban J connectivity index is 1.37. The second kappa shape index (κ2) is 11.5. The Morgan fingerprint density at radius 1 is 0.886 bits per heavy atom. The number of ether oxygens (including phenoxy) is 2. The minimum Gasteiger partial charge on any atom is -0.394 e. The number of allylic oxidation sites excluding steroid dienone is 2. The first-order valence-electron chi connectivity index (χ1n) is 17.3. The Kier molecular flexibility index (Phi) is 9.11. The Morgan fingerprint density at radius 2 is 1.55 bits per heavy atom. The molecule has 0 amide bonds. The molecule has 0 spiro atoms. The summed E-state index contributed by atoms with van der Waals surface area (Å²) in [5.41, 5.74) is -1.17. The van der Waals surface area contributed by atoms with E-state index in [1.54, 1.807) is 0 Å². The SMILES string of the molecule is CC(C)=CCC[C@](C)(O)[C@H]1CC[C@@]2(C)[C@]3(C)CC[C@H]4C(C)(C)[C@@H](O[C@@H]5OC(CO)[C@@H](O)C(O)C5O)CC[C@]4(C)[C@H]3CC[C@]12O. The zero-order chi connectivity index (χ0) is 32.7. The zero-order valence-electron chi connectivity index (χ0n) is 28.6. The average Bonchev–Trinajstić information content (AvgIpc) is 3.22. The van der Waals surface area contributed by atoms with E-state index in [4.69, 9.17) is 9.47 Å². The van der Waals surface area contributed by atoms with Gasteiger partial charge in [0.05, 0.1) is 23.9 Å². The summed E-state index contributed by atoms with van der Waals surface area (Å²) in [5, 5.41) is 65.5. The lowest BCUT2D eigenvalue weighted by Gasteiger charge is -2.71. The summed E-state index contributed by atoms with van der Waals surface area (Å²) < 4.78 is 12.2. The van der Waals surface area contributed by atoms with Crippen LogP contribution in [0.3, 0.4) is 0 Å². The van der Waals surface area contributed by atoms with Crippen molar-refractivity contribution < 1.29 is 40.1 Å². The molecule has 0 aromatic carbocycles. The highest BCUT2D eigenvalue weighted by atomic mass is 16.7. The molecule has 0 radical (unpaired) electrons. The molecule has 1 saturated heterocycles. The Morgan fingerprint density at radius 3 is 2.18 bits per heavy atom. The summed E-state index contributed by atoms with van der Waals surface area (Å²) in [4.78, 5) is 0. The summed E-state index contributed by atoms with van der Waals surface area (Å²) in [6.07, 6.45) is 4.18. The van der Waals surface area contributed by atoms with Crippen molar-refractivity contribution in [3.05, 3.63) is 11.6 Å². The van der Waals surface area contributed by atoms with Gasteiger partial charge in [-0.3, -0.25) is 0 Å². The molecular formula is C36H62O8. The summed E-state index contributed by atoms with van der Waals surface area (Å²) >= 11 is 0. The lowest BCUT2D eigenvalue weighted by atomic mass is 9.34. The van der Waals surface area contributed by atoms with Gasteiger partial charge in [-0.15, -0.1) is 0 Å². The van der Waals surface area contributed by atoms with Crippen LogP contribution in [-0.4, -0.2) is 85.3 Å². The molecule has 5 fully saturated rings. The first-order valence-corrected chi connectivity index (χ1v) is 17.3. The summed E-state index contributed by atoms with van der Waals surface area (Å²) in [5.74, 6) is 0.616. The Hall–Kier alpha value is -0.580. The lowest BCUT2D eigenvalue weighted by Crippen LogP contribution is -2.69. The van der Waals surface area contributed by atoms with Gasteiger partial charge in [0.2, 0.25) is 0 Å². The van der Waals surface area contributed by atoms with Gasteiger partial charge in [-0.1, -0.05) is 46.3 Å². The number of rotatable bonds is 7. The van der Waals surface area contributed by atoms with Gasteiger partial charge in [-0.25, -0.2) is 0 Å². The highest BCUT2D eigenvalue weighted by Gasteiger charge is 2.74. The predicted molar refractivity (Wildman–Crippen MR) is 168 cm³/mol. The third-order valence-corrected chi connectivity index (χ3v) is 14.6. The van der Waals surface area contributed by atoms with Crippen LogP contribution in [0.1, 0.15) is 120 Å². The Bertz CT molecular complexity index is 1080. The first kappa shape index (κ1) is 34.7. The van der Waals surface area contributed by atoms with E-state index in [0.29, 0.717) is 24.7 Å². The monoisotopic (exact) mass is 622 g/mol. The van der Waals surface area contributed by atoms with E-state index in [9.17, 15) is 30.6 Å². The molecule has 5 rings (SSSR count). The minimum atomic E-state index is -1.46. The van der Waals surface area contributed by atoms with E-state index in [2.05, 4.69) is 54.5 Å². The fraction of sp³-hybridized carbons (Fsp3) is 0.944. The van der Waals surface area contributed by atoms with E-state index in [1.165, 1.54) is 5.57 Å². The number of hydrogen-bond acceptors (Lipinski definition) is 8. The fourth-order valence-electron chi connectivity index (χ4n) is 11.9. The number of fused-ring (bicyclic) bond motifs is 5. The van der Waals surface area contributed by atoms with Gasteiger partial charge in [0.25, 0.3) is 0 Å². The van der Waals surface area contributed by atoms with Crippen LogP contribution in [0.25, 0.3) is 0 Å². The number of aliphatic hydroxyl groups is 6. The molecule has 44 heavy (non-hydrogen) atoms. The summed E-state index contributed by atoms with van der Waals surface area (Å²) in [6.45, 7) is 17.4. The van der Waals surface area contributed by atoms with Crippen molar-refractivity contribution in [2.75, 3.05) is 6.61 Å². The van der Waals surface area contributed by atoms with Crippen LogP contribution in [0.15, 0.2) is 11.6 Å². The molecule has 254 valence electrons. The average molecular weight is 623 g/mol. The van der Waals surface area contributed by atoms with Crippen LogP contribution in [0.5, 0.6) is 0 Å². The largest absolute Gasteiger partial charge is 0.394 e. The van der Waals surface area contributed by atoms with Crippen LogP contribution >= 0.6 is 0 Å². The summed E-state index contributed by atoms with van der Waals surface area (Å²) in [6, 6.07) is 0. The zero-order valence-corrected chi connectivity index (χ0v) is 28.6. The van der Waals surface area contributed by atoms with Crippen molar-refractivity contribution in [1.29, 1.82) is 0 Å². The van der Waals surface area contributed by atoms with E-state index in [-0.39, 0.29) is 33.7 Å². The van der Waals surface area contributed by atoms with Crippen LogP contribution in [0.2, 0.25) is 0 Å². The number of hydrogen-bond donors (Lipinski definition) is 6. The van der Waals surface area contributed by atoms with Crippen LogP contribution < -0.4 is 0 Å². The number of aliphatic hydroxyl groups excluding tert-OH is 4. The van der Waals surface area contributed by atoms with E-state index in [1.807, 2.05) is 6.92 Å². The van der Waals surface area contributed by atoms with Crippen LogP contribution in [-0.2, 0) is 9.47 Å². The minimum absolute atomic E-state index is 0.0279. The quantitative estimate of drug-likeness (QED) is 0.181. The molecule has 8 heteroatoms. The van der Waals surface area contributed by atoms with Gasteiger partial charge < -0.3 is 40.1 Å². The molecule has 4 saturated carbocycles. The molecule has 0 aromatic rings. The van der Waals surface area contributed by atoms with Crippen molar-refractivity contribution in [2.45, 2.75) is 168 Å². The molecule has 0 bridgehead atoms. The molecule has 4 aliphatic carbocycles. The highest BCUT2D eigenvalue weighted by Crippen LogP contribution is 2.77. The van der Waals surface area contributed by atoms with Gasteiger partial charge in [0.1, 0.15) is 24.4 Å². The van der Waals surface area contributed by atoms with Gasteiger partial charge >= 0.3 is 0 Å². The molecule has 1 aliphatic heterocycles. The van der Waals surface area contributed by atoms with Gasteiger partial charge in [-0.05, 0) is 113 Å². The van der Waals surface area contributed by atoms with Crippen molar-refractivity contribution in [3.63, 3.8) is 0 Å². The van der Waals surface area contributed by atoms with Gasteiger partial charge in [0, 0.05) is 11.3 Å². The molecule has 3 unspecified atom stereocenters. The molecule has 8 nitrogen and oxygen atoms in total. The molecule has 0 aromatic heterocycles. The normalized spacial score (nSPS) is 51.5. The van der Waals surface area contributed by atoms with Crippen molar-refractivity contribution in [2.24, 2.45) is 39.4 Å². The summed E-state index contributed by atoms with van der Waals surface area (Å²) in [7, 11) is 0. The lowest BCUT2D eigenvalue weighted by molar-refractivity contribution is -0.333. The molecule has 6 N–H and O–H groups in total. The van der Waals surface area contributed by atoms with Crippen molar-refractivity contribution in [3.8, 4) is 0 Å². The second-order valence-electron chi connectivity index (χ2n) is 17.3. The topological polar surface area (TPSA) is 140 Å². The molecule has 14 atom stereocenters. The highest BCUT2D eigenvalue weighted by molar-refractivity contribution is 5.24. The standard InChI is InChI=1S/C36H62O8/c1-21(2)10-9-15-34(7,41)25-12-18-35(8)33(6)17-11-23-31(3,4)26(14-16-32(23,5)24(33)13-19-36(25,35)42)44-30-29(40)28(39)27(38)22(20-37)43-30/h10,22-30,37-42H,9,11-20H2,1-8H3/t22?,23-,24+,25+,26-,27+,28?,29?,30-,32-,33+,34-,35-,36-/m0/s1. The van der Waals surface area contributed by atoms with E-state index >= 15 is 0 Å². The Labute approximate surface area is 265 Å². The smallest absolute Gasteiger partial charge is 0.186 e. The van der Waals surface area contributed by atoms with Crippen molar-refractivity contribution >= 4 is 0 Å². The maximum absolute atomic E-state index is 12.7. The van der Waals surface area contributed by atoms with Gasteiger partial charge in [-0.2, -0.15) is 0 Å². The maximum atomic E-state index is 12.7. The maximum Gasteiger partial charge on any atom is 0.186 e. The first-order chi connectivity index (χ1) is 20.3. The molecular weight excluding hydrogens is 560 g/mol. The van der Waals surface area contributed by atoms with Crippen molar-refractivity contribution in [1.82, 2.24) is 0 Å². The van der Waals surface area contributed by atoms with Crippen LogP contribution in [0, 0.1) is 39.4 Å². The molecule has 5 aliphatic rings. The van der Waals surface area contributed by atoms with E-state index in [0.717, 1.165) is 51.4 Å². The fourth-order valence-corrected chi connectivity index (χ4v) is 11.9. The molecule has 1 heterocycles. The van der Waals surface area contributed by atoms with Crippen LogP contribution in [0.4, 0.5) is 0 Å². The second-order valence-corrected chi connectivity index (χ2v) is 17.3. The van der Waals surface area contributed by atoms with Gasteiger partial charge in [0.15, 0.2) is 6.29 Å². The third kappa shape index (κ3) is 4.99. The predicted octanol–water partition coefficient (Wildman–Crippen LogP) is 4.47. The van der Waals surface area contributed by atoms with E-state index < -0.39 is 48.5 Å².